The molecule has 1 fully saturated rings. The normalized spacial score (nSPS) is 15.0. The summed E-state index contributed by atoms with van der Waals surface area (Å²) in [5.41, 5.74) is 4.88. The van der Waals surface area contributed by atoms with Crippen molar-refractivity contribution >= 4 is 41.2 Å². The van der Waals surface area contributed by atoms with Gasteiger partial charge in [-0.15, -0.1) is 0 Å². The van der Waals surface area contributed by atoms with Gasteiger partial charge in [0.05, 0.1) is 10.7 Å². The highest BCUT2D eigenvalue weighted by Crippen LogP contribution is 2.29. The molecule has 0 bridgehead atoms. The Hall–Kier alpha value is -3.90. The zero-order chi connectivity index (χ0) is 24.4. The van der Waals surface area contributed by atoms with Gasteiger partial charge in [0.2, 0.25) is 0 Å². The molecule has 1 saturated heterocycles. The smallest absolute Gasteiger partial charge is 0.335 e. The van der Waals surface area contributed by atoms with Crippen molar-refractivity contribution in [1.29, 1.82) is 0 Å². The fraction of sp³-hybridized carbons (Fsp3) is 0.148. The second kappa shape index (κ2) is 9.53. The Morgan fingerprint density at radius 2 is 1.65 bits per heavy atom. The van der Waals surface area contributed by atoms with E-state index in [-0.39, 0.29) is 5.57 Å². The number of nitrogens with one attached hydrogen (secondary N) is 1. The number of carbonyl (C=O) groups excluding carboxylic acids is 3. The number of urea groups is 1. The van der Waals surface area contributed by atoms with Crippen LogP contribution in [0.25, 0.3) is 6.08 Å². The monoisotopic (exact) mass is 474 g/mol. The maximum atomic E-state index is 13.1. The molecule has 34 heavy (non-hydrogen) atoms. The number of nitrogens with zero attached hydrogens (tertiary/aromatic N) is 1. The molecule has 172 valence electrons. The number of halogens is 1. The molecule has 0 radical (unpaired) electrons. The van der Waals surface area contributed by atoms with Gasteiger partial charge in [-0.3, -0.25) is 14.9 Å². The minimum atomic E-state index is -0.784. The number of amides is 4. The Morgan fingerprint density at radius 3 is 2.32 bits per heavy atom. The topological polar surface area (TPSA) is 75.7 Å². The summed E-state index contributed by atoms with van der Waals surface area (Å²) in [6.07, 6.45) is 1.41. The molecule has 1 aliphatic rings. The Bertz CT molecular complexity index is 1330. The summed E-state index contributed by atoms with van der Waals surface area (Å²) in [7, 11) is 0. The molecule has 3 aromatic carbocycles. The van der Waals surface area contributed by atoms with Crippen molar-refractivity contribution in [1.82, 2.24) is 5.32 Å². The van der Waals surface area contributed by atoms with Crippen molar-refractivity contribution in [2.24, 2.45) is 0 Å². The third-order valence-electron chi connectivity index (χ3n) is 5.63. The van der Waals surface area contributed by atoms with E-state index in [2.05, 4.69) is 5.32 Å². The van der Waals surface area contributed by atoms with Crippen LogP contribution in [0, 0.1) is 20.8 Å². The lowest BCUT2D eigenvalue weighted by molar-refractivity contribution is -0.122. The molecule has 6 nitrogen and oxygen atoms in total. The number of aryl methyl sites for hydroxylation is 3. The van der Waals surface area contributed by atoms with Crippen LogP contribution in [0.1, 0.15) is 27.8 Å². The Balaban J connectivity index is 1.56. The van der Waals surface area contributed by atoms with Crippen molar-refractivity contribution in [3.8, 4) is 5.75 Å². The fourth-order valence-corrected chi connectivity index (χ4v) is 3.74. The number of hydrogen-bond acceptors (Lipinski definition) is 4. The minimum absolute atomic E-state index is 0.165. The molecular formula is C27H23ClN2O4. The highest BCUT2D eigenvalue weighted by molar-refractivity contribution is 6.39. The van der Waals surface area contributed by atoms with Gasteiger partial charge < -0.3 is 4.74 Å². The molecule has 4 amide bonds. The molecule has 1 N–H and O–H groups in total. The fourth-order valence-electron chi connectivity index (χ4n) is 3.49. The number of ether oxygens (including phenoxy) is 1. The van der Waals surface area contributed by atoms with E-state index in [4.69, 9.17) is 16.3 Å². The summed E-state index contributed by atoms with van der Waals surface area (Å²) in [5.74, 6) is -0.977. The minimum Gasteiger partial charge on any atom is -0.487 e. The van der Waals surface area contributed by atoms with Crippen molar-refractivity contribution in [3.63, 3.8) is 0 Å². The molecule has 4 rings (SSSR count). The van der Waals surface area contributed by atoms with E-state index in [0.29, 0.717) is 28.6 Å². The van der Waals surface area contributed by atoms with E-state index < -0.39 is 17.8 Å². The number of benzene rings is 3. The SMILES string of the molecule is Cc1ccc(COc2ccc(/C=C3\C(=O)NC(=O)N(c4ccc(C)c(C)c4)C3=O)cc2Cl)cc1. The van der Waals surface area contributed by atoms with E-state index in [9.17, 15) is 14.4 Å². The number of anilines is 1. The van der Waals surface area contributed by atoms with E-state index in [0.717, 1.165) is 21.6 Å². The first kappa shape index (κ1) is 23.3. The standard InChI is InChI=1S/C27H23ClN2O4/c1-16-4-7-19(8-5-16)15-34-24-11-9-20(14-23(24)28)13-22-25(31)29-27(33)30(26(22)32)21-10-6-17(2)18(3)12-21/h4-14H,15H2,1-3H3,(H,29,31,33)/b22-13+. The molecule has 0 spiro atoms. The van der Waals surface area contributed by atoms with Gasteiger partial charge in [-0.2, -0.15) is 0 Å². The zero-order valence-electron chi connectivity index (χ0n) is 19.0. The van der Waals surface area contributed by atoms with Crippen LogP contribution in [0.3, 0.4) is 0 Å². The highest BCUT2D eigenvalue weighted by Gasteiger charge is 2.36. The van der Waals surface area contributed by atoms with Crippen LogP contribution in [-0.4, -0.2) is 17.8 Å². The molecule has 0 atom stereocenters. The van der Waals surface area contributed by atoms with E-state index in [1.807, 2.05) is 51.1 Å². The molecule has 0 unspecified atom stereocenters. The summed E-state index contributed by atoms with van der Waals surface area (Å²) < 4.78 is 5.81. The molecule has 0 aromatic heterocycles. The van der Waals surface area contributed by atoms with Crippen LogP contribution in [0.15, 0.2) is 66.2 Å². The summed E-state index contributed by atoms with van der Waals surface area (Å²) in [6.45, 7) is 6.19. The molecule has 7 heteroatoms. The molecule has 0 aliphatic carbocycles. The molecule has 1 heterocycles. The lowest BCUT2D eigenvalue weighted by Gasteiger charge is -2.26. The summed E-state index contributed by atoms with van der Waals surface area (Å²) in [6, 6.07) is 17.4. The highest BCUT2D eigenvalue weighted by atomic mass is 35.5. The van der Waals surface area contributed by atoms with Crippen molar-refractivity contribution in [2.75, 3.05) is 4.90 Å². The zero-order valence-corrected chi connectivity index (χ0v) is 19.8. The largest absolute Gasteiger partial charge is 0.487 e. The van der Waals surface area contributed by atoms with Gasteiger partial charge >= 0.3 is 6.03 Å². The van der Waals surface area contributed by atoms with Gasteiger partial charge in [-0.05, 0) is 73.4 Å². The Morgan fingerprint density at radius 1 is 0.912 bits per heavy atom. The van der Waals surface area contributed by atoms with Crippen molar-refractivity contribution < 1.29 is 19.1 Å². The average molecular weight is 475 g/mol. The number of rotatable bonds is 5. The van der Waals surface area contributed by atoms with Crippen molar-refractivity contribution in [3.05, 3.63) is 99.1 Å². The first-order valence-corrected chi connectivity index (χ1v) is 11.1. The number of hydrogen-bond donors (Lipinski definition) is 1. The Labute approximate surface area is 202 Å². The third kappa shape index (κ3) is 4.87. The lowest BCUT2D eigenvalue weighted by atomic mass is 10.0. The van der Waals surface area contributed by atoms with Crippen LogP contribution in [0.5, 0.6) is 5.75 Å². The number of barbiturate groups is 1. The molecular weight excluding hydrogens is 452 g/mol. The van der Waals surface area contributed by atoms with Gasteiger partial charge in [0.1, 0.15) is 17.9 Å². The second-order valence-corrected chi connectivity index (χ2v) is 8.60. The van der Waals surface area contributed by atoms with Gasteiger partial charge in [0.25, 0.3) is 11.8 Å². The first-order valence-electron chi connectivity index (χ1n) is 10.7. The summed E-state index contributed by atoms with van der Waals surface area (Å²) in [4.78, 5) is 38.9. The van der Waals surface area contributed by atoms with Gasteiger partial charge in [-0.25, -0.2) is 9.69 Å². The quantitative estimate of drug-likeness (QED) is 0.390. The third-order valence-corrected chi connectivity index (χ3v) is 5.93. The first-order chi connectivity index (χ1) is 16.2. The van der Waals surface area contributed by atoms with Gasteiger partial charge in [0.15, 0.2) is 0 Å². The average Bonchev–Trinajstić information content (AvgIpc) is 2.79. The van der Waals surface area contributed by atoms with E-state index in [1.165, 1.54) is 11.6 Å². The van der Waals surface area contributed by atoms with Gasteiger partial charge in [0, 0.05) is 0 Å². The predicted octanol–water partition coefficient (Wildman–Crippen LogP) is 5.51. The van der Waals surface area contributed by atoms with Crippen molar-refractivity contribution in [2.45, 2.75) is 27.4 Å². The maximum absolute atomic E-state index is 13.1. The number of imide groups is 2. The molecule has 1 aliphatic heterocycles. The maximum Gasteiger partial charge on any atom is 0.335 e. The Kier molecular flexibility index (Phi) is 6.52. The molecule has 3 aromatic rings. The van der Waals surface area contributed by atoms with E-state index >= 15 is 0 Å². The van der Waals surface area contributed by atoms with Gasteiger partial charge in [-0.1, -0.05) is 53.6 Å². The summed E-state index contributed by atoms with van der Waals surface area (Å²) >= 11 is 6.39. The predicted molar refractivity (Wildman–Crippen MR) is 132 cm³/mol. The van der Waals surface area contributed by atoms with Crippen LogP contribution >= 0.6 is 11.6 Å². The van der Waals surface area contributed by atoms with Crippen LogP contribution < -0.4 is 15.0 Å². The summed E-state index contributed by atoms with van der Waals surface area (Å²) in [5, 5.41) is 2.57. The van der Waals surface area contributed by atoms with Crippen LogP contribution in [-0.2, 0) is 16.2 Å². The van der Waals surface area contributed by atoms with E-state index in [1.54, 1.807) is 30.3 Å². The van der Waals surface area contributed by atoms with Crippen LogP contribution in [0.4, 0.5) is 10.5 Å². The number of carbonyl (C=O) groups is 3. The lowest BCUT2D eigenvalue weighted by Crippen LogP contribution is -2.54. The van der Waals surface area contributed by atoms with Crippen LogP contribution in [0.2, 0.25) is 5.02 Å². The second-order valence-electron chi connectivity index (χ2n) is 8.19. The molecule has 0 saturated carbocycles.